The fourth-order valence-electron chi connectivity index (χ4n) is 4.12. The molecule has 29 heavy (non-hydrogen) atoms. The molecule has 1 atom stereocenters. The number of piperidine rings is 1. The maximum Gasteiger partial charge on any atom is 0.243 e. The summed E-state index contributed by atoms with van der Waals surface area (Å²) in [6, 6.07) is 17.2. The normalized spacial score (nSPS) is 15.8. The highest BCUT2D eigenvalue weighted by Gasteiger charge is 2.14. The van der Waals surface area contributed by atoms with Crippen LogP contribution in [0.15, 0.2) is 48.5 Å². The Kier molecular flexibility index (Phi) is 8.23. The number of carbonyl (C=O) groups excluding carboxylic acids is 1. The number of hydroxylamine groups is 1. The van der Waals surface area contributed by atoms with E-state index >= 15 is 0 Å². The van der Waals surface area contributed by atoms with Gasteiger partial charge in [-0.15, -0.1) is 0 Å². The number of aliphatic hydroxyl groups is 1. The number of carbonyl (C=O) groups is 1. The average Bonchev–Trinajstić information content (AvgIpc) is 2.78. The largest absolute Gasteiger partial charge is 0.396 e. The van der Waals surface area contributed by atoms with Gasteiger partial charge >= 0.3 is 0 Å². The summed E-state index contributed by atoms with van der Waals surface area (Å²) in [4.78, 5) is 13.9. The maximum atomic E-state index is 11.3. The molecule has 156 valence electrons. The van der Waals surface area contributed by atoms with Gasteiger partial charge in [-0.25, -0.2) is 5.48 Å². The number of amides is 1. The van der Waals surface area contributed by atoms with Crippen molar-refractivity contribution < 1.29 is 15.1 Å². The second kappa shape index (κ2) is 11.1. The van der Waals surface area contributed by atoms with Gasteiger partial charge in [0.25, 0.3) is 0 Å². The first-order chi connectivity index (χ1) is 14.2. The minimum absolute atomic E-state index is 0.0750. The van der Waals surface area contributed by atoms with Gasteiger partial charge in [-0.1, -0.05) is 55.0 Å². The van der Waals surface area contributed by atoms with Gasteiger partial charge in [0, 0.05) is 19.6 Å². The second-order valence-corrected chi connectivity index (χ2v) is 7.94. The molecule has 0 aliphatic carbocycles. The van der Waals surface area contributed by atoms with E-state index in [0.29, 0.717) is 12.8 Å². The predicted molar refractivity (Wildman–Crippen MR) is 115 cm³/mol. The lowest BCUT2D eigenvalue weighted by Crippen LogP contribution is -2.28. The van der Waals surface area contributed by atoms with Crippen molar-refractivity contribution in [1.29, 1.82) is 0 Å². The fourth-order valence-corrected chi connectivity index (χ4v) is 4.12. The first kappa shape index (κ1) is 21.5. The fraction of sp³-hybridized carbons (Fsp3) is 0.458. The topological polar surface area (TPSA) is 72.8 Å². The van der Waals surface area contributed by atoms with Crippen LogP contribution in [0.3, 0.4) is 0 Å². The van der Waals surface area contributed by atoms with Crippen molar-refractivity contribution in [2.45, 2.75) is 51.0 Å². The predicted octanol–water partition coefficient (Wildman–Crippen LogP) is 4.09. The lowest BCUT2D eigenvalue weighted by Gasteiger charge is -2.26. The maximum absolute atomic E-state index is 11.3. The Morgan fingerprint density at radius 2 is 1.55 bits per heavy atom. The molecular formula is C24H32N2O3. The summed E-state index contributed by atoms with van der Waals surface area (Å²) in [7, 11) is 0. The summed E-state index contributed by atoms with van der Waals surface area (Å²) >= 11 is 0. The molecule has 3 rings (SSSR count). The quantitative estimate of drug-likeness (QED) is 0.441. The zero-order valence-corrected chi connectivity index (χ0v) is 17.0. The Labute approximate surface area is 173 Å². The molecule has 0 spiro atoms. The van der Waals surface area contributed by atoms with E-state index in [-0.39, 0.29) is 18.9 Å². The van der Waals surface area contributed by atoms with Crippen molar-refractivity contribution in [2.75, 3.05) is 19.7 Å². The molecule has 1 amide bonds. The zero-order valence-electron chi connectivity index (χ0n) is 17.0. The Morgan fingerprint density at radius 1 is 0.931 bits per heavy atom. The molecule has 0 unspecified atom stereocenters. The van der Waals surface area contributed by atoms with Crippen molar-refractivity contribution in [1.82, 2.24) is 10.4 Å². The minimum atomic E-state index is -0.394. The van der Waals surface area contributed by atoms with Gasteiger partial charge in [0.05, 0.1) is 0 Å². The lowest BCUT2D eigenvalue weighted by molar-refractivity contribution is -0.129. The Balaban J connectivity index is 1.62. The van der Waals surface area contributed by atoms with E-state index in [1.54, 1.807) is 5.48 Å². The highest BCUT2D eigenvalue weighted by atomic mass is 16.5. The third-order valence-corrected chi connectivity index (χ3v) is 5.85. The number of hydrogen-bond acceptors (Lipinski definition) is 4. The van der Waals surface area contributed by atoms with Crippen LogP contribution in [0.4, 0.5) is 0 Å². The van der Waals surface area contributed by atoms with Gasteiger partial charge in [0.2, 0.25) is 5.91 Å². The molecule has 1 fully saturated rings. The summed E-state index contributed by atoms with van der Waals surface area (Å²) in [5.41, 5.74) is 6.49. The van der Waals surface area contributed by atoms with Crippen LogP contribution >= 0.6 is 0 Å². The number of nitrogens with one attached hydrogen (secondary N) is 1. The molecule has 0 aromatic heterocycles. The van der Waals surface area contributed by atoms with Crippen LogP contribution in [-0.4, -0.2) is 40.8 Å². The van der Waals surface area contributed by atoms with Gasteiger partial charge in [0.15, 0.2) is 0 Å². The Morgan fingerprint density at radius 3 is 2.14 bits per heavy atom. The van der Waals surface area contributed by atoms with Crippen LogP contribution in [0.25, 0.3) is 11.1 Å². The van der Waals surface area contributed by atoms with E-state index in [9.17, 15) is 9.90 Å². The first-order valence-electron chi connectivity index (χ1n) is 10.6. The molecule has 3 N–H and O–H groups in total. The molecule has 2 aromatic rings. The molecule has 5 heteroatoms. The van der Waals surface area contributed by atoms with Crippen LogP contribution in [0.2, 0.25) is 0 Å². The lowest BCUT2D eigenvalue weighted by atomic mass is 9.90. The number of nitrogens with zero attached hydrogens (tertiary/aromatic N) is 1. The van der Waals surface area contributed by atoms with E-state index < -0.39 is 5.91 Å². The van der Waals surface area contributed by atoms with Crippen molar-refractivity contribution in [2.24, 2.45) is 0 Å². The molecule has 1 aliphatic heterocycles. The summed E-state index contributed by atoms with van der Waals surface area (Å²) in [5.74, 6) is -0.299. The van der Waals surface area contributed by atoms with Gasteiger partial charge in [-0.05, 0) is 66.9 Å². The molecule has 1 saturated heterocycles. The van der Waals surface area contributed by atoms with E-state index in [1.807, 2.05) is 0 Å². The van der Waals surface area contributed by atoms with Gasteiger partial charge in [0.1, 0.15) is 0 Å². The zero-order chi connectivity index (χ0) is 20.5. The Hall–Kier alpha value is -2.21. The molecule has 0 saturated carbocycles. The number of aliphatic hydroxyl groups excluding tert-OH is 1. The van der Waals surface area contributed by atoms with Crippen LogP contribution in [0.1, 0.15) is 55.6 Å². The van der Waals surface area contributed by atoms with E-state index in [4.69, 9.17) is 5.21 Å². The third-order valence-electron chi connectivity index (χ3n) is 5.85. The van der Waals surface area contributed by atoms with Crippen molar-refractivity contribution in [3.63, 3.8) is 0 Å². The van der Waals surface area contributed by atoms with E-state index in [0.717, 1.165) is 17.7 Å². The molecule has 0 radical (unpaired) electrons. The van der Waals surface area contributed by atoms with Crippen molar-refractivity contribution in [3.8, 4) is 11.1 Å². The third kappa shape index (κ3) is 6.39. The van der Waals surface area contributed by atoms with E-state index in [1.165, 1.54) is 43.5 Å². The van der Waals surface area contributed by atoms with Crippen LogP contribution in [0.5, 0.6) is 0 Å². The molecule has 2 aromatic carbocycles. The number of rotatable bonds is 9. The van der Waals surface area contributed by atoms with Gasteiger partial charge < -0.3 is 5.11 Å². The summed E-state index contributed by atoms with van der Waals surface area (Å²) in [6.07, 6.45) is 5.42. The number of hydrogen-bond donors (Lipinski definition) is 3. The monoisotopic (exact) mass is 396 g/mol. The van der Waals surface area contributed by atoms with Gasteiger partial charge in [-0.2, -0.15) is 0 Å². The number of likely N-dealkylation sites (tertiary alicyclic amines) is 1. The summed E-state index contributed by atoms with van der Waals surface area (Å²) in [6.45, 7) is 3.52. The molecular weight excluding hydrogens is 364 g/mol. The summed E-state index contributed by atoms with van der Waals surface area (Å²) < 4.78 is 0. The van der Waals surface area contributed by atoms with Crippen LogP contribution in [0, 0.1) is 0 Å². The second-order valence-electron chi connectivity index (χ2n) is 7.94. The minimum Gasteiger partial charge on any atom is -0.396 e. The molecule has 0 bridgehead atoms. The highest BCUT2D eigenvalue weighted by molar-refractivity contribution is 5.74. The molecule has 1 aliphatic rings. The van der Waals surface area contributed by atoms with Crippen molar-refractivity contribution >= 4 is 5.91 Å². The summed E-state index contributed by atoms with van der Waals surface area (Å²) in [5, 5.41) is 18.0. The SMILES string of the molecule is O=C(CC[C@H](CCO)c1ccc(-c2ccc(CN3CCCCC3)cc2)cc1)NO. The van der Waals surface area contributed by atoms with Gasteiger partial charge in [-0.3, -0.25) is 14.9 Å². The van der Waals surface area contributed by atoms with Crippen LogP contribution in [-0.2, 0) is 11.3 Å². The van der Waals surface area contributed by atoms with E-state index in [2.05, 4.69) is 53.4 Å². The standard InChI is InChI=1S/C24H32N2O3/c27-17-14-23(12-13-24(28)25-29)22-10-8-21(9-11-22)20-6-4-19(5-7-20)18-26-15-2-1-3-16-26/h4-11,23,27,29H,1-3,12-18H2,(H,25,28)/t23-/m1/s1. The number of benzene rings is 2. The van der Waals surface area contributed by atoms with Crippen molar-refractivity contribution in [3.05, 3.63) is 59.7 Å². The molecule has 5 nitrogen and oxygen atoms in total. The van der Waals surface area contributed by atoms with Crippen LogP contribution < -0.4 is 5.48 Å². The smallest absolute Gasteiger partial charge is 0.243 e. The first-order valence-corrected chi connectivity index (χ1v) is 10.6. The molecule has 1 heterocycles. The highest BCUT2D eigenvalue weighted by Crippen LogP contribution is 2.28. The average molecular weight is 397 g/mol. The Bertz CT molecular complexity index is 753.